The number of hydrogen-bond acceptors (Lipinski definition) is 6. The van der Waals surface area contributed by atoms with Gasteiger partial charge in [0.05, 0.1) is 15.7 Å². The summed E-state index contributed by atoms with van der Waals surface area (Å²) in [4.78, 5) is 26.9. The molecule has 0 saturated heterocycles. The fourth-order valence-electron chi connectivity index (χ4n) is 3.32. The van der Waals surface area contributed by atoms with Gasteiger partial charge in [0.15, 0.2) is 0 Å². The molecule has 4 aromatic rings. The number of hydrogen-bond donors (Lipinski definition) is 2. The zero-order chi connectivity index (χ0) is 23.9. The van der Waals surface area contributed by atoms with Crippen molar-refractivity contribution >= 4 is 56.9 Å². The molecular weight excluding hydrogens is 483 g/mol. The molecule has 2 N–H and O–H groups in total. The van der Waals surface area contributed by atoms with Crippen LogP contribution in [0.3, 0.4) is 0 Å². The van der Waals surface area contributed by atoms with E-state index in [0.29, 0.717) is 27.5 Å². The van der Waals surface area contributed by atoms with Gasteiger partial charge in [-0.3, -0.25) is 9.59 Å². The van der Waals surface area contributed by atoms with Crippen LogP contribution in [-0.2, 0) is 4.79 Å². The summed E-state index contributed by atoms with van der Waals surface area (Å²) in [5.41, 5.74) is 2.91. The van der Waals surface area contributed by atoms with E-state index >= 15 is 0 Å². The SMILES string of the molecule is CCC(Sc1cccc(NC(=O)c2cccs2)c1)C(=O)Nc1scc(-c2ccccc2)c1C#N. The lowest BCUT2D eigenvalue weighted by Crippen LogP contribution is -2.24. The maximum Gasteiger partial charge on any atom is 0.265 e. The third-order valence-electron chi connectivity index (χ3n) is 5.00. The van der Waals surface area contributed by atoms with E-state index in [4.69, 9.17) is 0 Å². The van der Waals surface area contributed by atoms with Gasteiger partial charge in [0.2, 0.25) is 5.91 Å². The molecule has 0 fully saturated rings. The minimum Gasteiger partial charge on any atom is -0.321 e. The zero-order valence-electron chi connectivity index (χ0n) is 18.3. The van der Waals surface area contributed by atoms with Gasteiger partial charge < -0.3 is 10.6 Å². The molecule has 4 rings (SSSR count). The normalized spacial score (nSPS) is 11.4. The van der Waals surface area contributed by atoms with Crippen molar-refractivity contribution in [1.82, 2.24) is 0 Å². The van der Waals surface area contributed by atoms with Crippen LogP contribution in [-0.4, -0.2) is 17.1 Å². The number of nitriles is 1. The molecule has 2 heterocycles. The van der Waals surface area contributed by atoms with E-state index < -0.39 is 0 Å². The summed E-state index contributed by atoms with van der Waals surface area (Å²) >= 11 is 4.17. The molecule has 5 nitrogen and oxygen atoms in total. The van der Waals surface area contributed by atoms with E-state index in [1.54, 1.807) is 6.07 Å². The average molecular weight is 504 g/mol. The summed E-state index contributed by atoms with van der Waals surface area (Å²) < 4.78 is 0. The minimum atomic E-state index is -0.350. The molecule has 170 valence electrons. The van der Waals surface area contributed by atoms with Crippen molar-refractivity contribution < 1.29 is 9.59 Å². The molecule has 2 aromatic heterocycles. The quantitative estimate of drug-likeness (QED) is 0.251. The second-order valence-corrected chi connectivity index (χ2v) is 10.4. The van der Waals surface area contributed by atoms with Crippen LogP contribution in [0.1, 0.15) is 28.6 Å². The molecule has 8 heteroatoms. The maximum absolute atomic E-state index is 13.1. The van der Waals surface area contributed by atoms with Crippen LogP contribution in [0.4, 0.5) is 10.7 Å². The van der Waals surface area contributed by atoms with Crippen molar-refractivity contribution in [2.75, 3.05) is 10.6 Å². The van der Waals surface area contributed by atoms with Crippen LogP contribution in [0, 0.1) is 11.3 Å². The van der Waals surface area contributed by atoms with E-state index in [1.807, 2.05) is 78.3 Å². The lowest BCUT2D eigenvalue weighted by molar-refractivity contribution is -0.115. The van der Waals surface area contributed by atoms with Crippen LogP contribution in [0.2, 0.25) is 0 Å². The number of carbonyl (C=O) groups is 2. The van der Waals surface area contributed by atoms with E-state index in [9.17, 15) is 14.9 Å². The van der Waals surface area contributed by atoms with Crippen LogP contribution >= 0.6 is 34.4 Å². The number of benzene rings is 2. The van der Waals surface area contributed by atoms with Crippen molar-refractivity contribution in [3.63, 3.8) is 0 Å². The first-order valence-electron chi connectivity index (χ1n) is 10.6. The van der Waals surface area contributed by atoms with Crippen molar-refractivity contribution in [3.8, 4) is 17.2 Å². The number of nitrogens with one attached hydrogen (secondary N) is 2. The van der Waals surface area contributed by atoms with Gasteiger partial charge in [-0.05, 0) is 41.6 Å². The van der Waals surface area contributed by atoms with Gasteiger partial charge in [0.1, 0.15) is 11.1 Å². The highest BCUT2D eigenvalue weighted by Gasteiger charge is 2.22. The molecule has 0 spiro atoms. The van der Waals surface area contributed by atoms with Crippen LogP contribution < -0.4 is 10.6 Å². The van der Waals surface area contributed by atoms with Crippen molar-refractivity contribution in [2.45, 2.75) is 23.5 Å². The van der Waals surface area contributed by atoms with Gasteiger partial charge in [-0.2, -0.15) is 5.26 Å². The Hall–Kier alpha value is -3.38. The number of thiophene rings is 2. The van der Waals surface area contributed by atoms with E-state index in [-0.39, 0.29) is 17.1 Å². The van der Waals surface area contributed by atoms with Crippen molar-refractivity contribution in [3.05, 3.63) is 87.9 Å². The van der Waals surface area contributed by atoms with Gasteiger partial charge >= 0.3 is 0 Å². The molecule has 1 atom stereocenters. The number of thioether (sulfide) groups is 1. The first kappa shape index (κ1) is 23.8. The standard InChI is InChI=1S/C26H21N3O2S3/c1-2-22(34-19-11-6-10-18(14-19)28-25(31)23-12-7-13-32-23)24(30)29-26-20(15-27)21(16-33-26)17-8-4-3-5-9-17/h3-14,16,22H,2H2,1H3,(H,28,31)(H,29,30). The summed E-state index contributed by atoms with van der Waals surface area (Å²) in [5.74, 6) is -0.309. The summed E-state index contributed by atoms with van der Waals surface area (Å²) in [6, 6.07) is 23.0. The Morgan fingerprint density at radius 1 is 1.03 bits per heavy atom. The third kappa shape index (κ3) is 5.57. The zero-order valence-corrected chi connectivity index (χ0v) is 20.7. The third-order valence-corrected chi connectivity index (χ3v) is 8.12. The highest BCUT2D eigenvalue weighted by atomic mass is 32.2. The lowest BCUT2D eigenvalue weighted by Gasteiger charge is -2.15. The van der Waals surface area contributed by atoms with Crippen LogP contribution in [0.15, 0.2) is 82.4 Å². The first-order chi connectivity index (χ1) is 16.6. The smallest absolute Gasteiger partial charge is 0.265 e. The minimum absolute atomic E-state index is 0.154. The molecule has 0 radical (unpaired) electrons. The highest BCUT2D eigenvalue weighted by Crippen LogP contribution is 2.36. The predicted octanol–water partition coefficient (Wildman–Crippen LogP) is 7.11. The highest BCUT2D eigenvalue weighted by molar-refractivity contribution is 8.00. The largest absolute Gasteiger partial charge is 0.321 e. The van der Waals surface area contributed by atoms with Crippen LogP contribution in [0.25, 0.3) is 11.1 Å². The first-order valence-corrected chi connectivity index (χ1v) is 13.2. The Morgan fingerprint density at radius 3 is 2.56 bits per heavy atom. The molecular formula is C26H21N3O2S3. The summed E-state index contributed by atoms with van der Waals surface area (Å²) in [5, 5.41) is 19.6. The number of amides is 2. The summed E-state index contributed by atoms with van der Waals surface area (Å²) in [7, 11) is 0. The Balaban J connectivity index is 1.45. The molecule has 2 aromatic carbocycles. The molecule has 0 aliphatic heterocycles. The predicted molar refractivity (Wildman–Crippen MR) is 142 cm³/mol. The molecule has 34 heavy (non-hydrogen) atoms. The number of nitrogens with zero attached hydrogens (tertiary/aromatic N) is 1. The topological polar surface area (TPSA) is 82.0 Å². The van der Waals surface area contributed by atoms with Crippen LogP contribution in [0.5, 0.6) is 0 Å². The van der Waals surface area contributed by atoms with E-state index in [1.165, 1.54) is 34.4 Å². The second-order valence-electron chi connectivity index (χ2n) is 7.29. The van der Waals surface area contributed by atoms with Crippen molar-refractivity contribution in [2.24, 2.45) is 0 Å². The summed E-state index contributed by atoms with van der Waals surface area (Å²) in [6.07, 6.45) is 0.612. The van der Waals surface area contributed by atoms with Gasteiger partial charge in [-0.15, -0.1) is 34.4 Å². The van der Waals surface area contributed by atoms with Gasteiger partial charge in [-0.1, -0.05) is 49.4 Å². The van der Waals surface area contributed by atoms with E-state index in [2.05, 4.69) is 16.7 Å². The Bertz CT molecular complexity index is 1330. The number of anilines is 2. The molecule has 2 amide bonds. The second kappa shape index (κ2) is 11.2. The Kier molecular flexibility index (Phi) is 7.80. The fraction of sp³-hybridized carbons (Fsp3) is 0.115. The maximum atomic E-state index is 13.1. The van der Waals surface area contributed by atoms with Crippen molar-refractivity contribution in [1.29, 1.82) is 5.26 Å². The molecule has 0 aliphatic rings. The van der Waals surface area contributed by atoms with E-state index in [0.717, 1.165) is 16.0 Å². The molecule has 0 bridgehead atoms. The number of rotatable bonds is 8. The monoisotopic (exact) mass is 503 g/mol. The van der Waals surface area contributed by atoms with Gasteiger partial charge in [0, 0.05) is 21.5 Å². The lowest BCUT2D eigenvalue weighted by atomic mass is 10.1. The molecule has 0 aliphatic carbocycles. The Morgan fingerprint density at radius 2 is 1.85 bits per heavy atom. The fourth-order valence-corrected chi connectivity index (χ4v) is 5.87. The molecule has 0 saturated carbocycles. The average Bonchev–Trinajstić information content (AvgIpc) is 3.53. The van der Waals surface area contributed by atoms with Gasteiger partial charge in [-0.25, -0.2) is 0 Å². The van der Waals surface area contributed by atoms with Gasteiger partial charge in [0.25, 0.3) is 5.91 Å². The Labute approximate surface area is 210 Å². The summed E-state index contributed by atoms with van der Waals surface area (Å²) in [6.45, 7) is 1.95. The number of carbonyl (C=O) groups excluding carboxylic acids is 2. The molecule has 1 unspecified atom stereocenters.